The molecule has 0 radical (unpaired) electrons. The summed E-state index contributed by atoms with van der Waals surface area (Å²) in [6, 6.07) is 0. The van der Waals surface area contributed by atoms with E-state index >= 15 is 0 Å². The molecule has 0 saturated carbocycles. The van der Waals surface area contributed by atoms with Gasteiger partial charge in [0.25, 0.3) is 0 Å². The fourth-order valence-corrected chi connectivity index (χ4v) is 2.09. The third-order valence-electron chi connectivity index (χ3n) is 3.60. The first-order chi connectivity index (χ1) is 5.62. The highest BCUT2D eigenvalue weighted by Gasteiger charge is 2.61. The maximum Gasteiger partial charge on any atom is 0.102 e. The monoisotopic (exact) mass is 183 g/mol. The molecular weight excluding hydrogens is 162 g/mol. The number of nitrogens with zero attached hydrogens (tertiary/aromatic N) is 3. The Balaban J connectivity index is 2.43. The van der Waals surface area contributed by atoms with Gasteiger partial charge < -0.3 is 0 Å². The second-order valence-corrected chi connectivity index (χ2v) is 6.16. The summed E-state index contributed by atoms with van der Waals surface area (Å²) >= 11 is 0. The summed E-state index contributed by atoms with van der Waals surface area (Å²) in [6.45, 7) is 15.9. The average molecular weight is 183 g/mol. The fourth-order valence-electron chi connectivity index (χ4n) is 2.09. The van der Waals surface area contributed by atoms with Crippen molar-refractivity contribution in [3.8, 4) is 0 Å². The molecule has 0 unspecified atom stereocenters. The Morgan fingerprint density at radius 3 is 1.23 bits per heavy atom. The first kappa shape index (κ1) is 8.97. The molecule has 0 amide bonds. The van der Waals surface area contributed by atoms with Crippen molar-refractivity contribution in [3.05, 3.63) is 0 Å². The Bertz CT molecular complexity index is 312. The highest BCUT2D eigenvalue weighted by Crippen LogP contribution is 2.50. The molecule has 13 heavy (non-hydrogen) atoms. The van der Waals surface area contributed by atoms with E-state index in [4.69, 9.17) is 0 Å². The van der Waals surface area contributed by atoms with Crippen LogP contribution in [0.5, 0.6) is 0 Å². The van der Waals surface area contributed by atoms with Gasteiger partial charge in [-0.05, 0) is 48.5 Å². The molecule has 0 fully saturated rings. The third-order valence-corrected chi connectivity index (χ3v) is 3.60. The Hall–Kier alpha value is -0.600. The van der Waals surface area contributed by atoms with E-state index < -0.39 is 0 Å². The molecule has 0 atom stereocenters. The minimum atomic E-state index is 0.213. The van der Waals surface area contributed by atoms with Gasteiger partial charge in [-0.1, -0.05) is 0 Å². The summed E-state index contributed by atoms with van der Waals surface area (Å²) in [5.41, 5.74) is 0.742. The zero-order valence-electron chi connectivity index (χ0n) is 9.84. The fraction of sp³-hybridized carbons (Fsp3) is 1.00. The molecule has 0 bridgehead atoms. The largest absolute Gasteiger partial charge is 0.188 e. The normalized spacial score (nSPS) is 24.2. The van der Waals surface area contributed by atoms with Crippen LogP contribution >= 0.6 is 0 Å². The van der Waals surface area contributed by atoms with Crippen LogP contribution in [0.15, 0.2) is 0 Å². The molecular formula is C10H21N3. The minimum absolute atomic E-state index is 0.213. The van der Waals surface area contributed by atoms with Crippen LogP contribution in [0.4, 0.5) is 0 Å². The lowest BCUT2D eigenvalue weighted by molar-refractivity contribution is 0.0312. The van der Waals surface area contributed by atoms with Crippen molar-refractivity contribution in [2.45, 2.75) is 65.1 Å². The highest BCUT2D eigenvalue weighted by molar-refractivity contribution is 5.07. The molecule has 1 aliphatic rings. The second-order valence-electron chi connectivity index (χ2n) is 6.16. The average Bonchev–Trinajstić information content (AvgIpc) is 2.56. The predicted molar refractivity (Wildman–Crippen MR) is 54.1 cm³/mol. The van der Waals surface area contributed by atoms with E-state index in [2.05, 4.69) is 62.9 Å². The van der Waals surface area contributed by atoms with Crippen LogP contribution in [0.3, 0.4) is 0 Å². The van der Waals surface area contributed by atoms with Crippen LogP contribution in [0.25, 0.3) is 0 Å². The lowest BCUT2D eigenvalue weighted by Gasteiger charge is -2.43. The maximum atomic E-state index is 2.35. The van der Waals surface area contributed by atoms with Crippen molar-refractivity contribution < 1.29 is 0 Å². The lowest BCUT2D eigenvalue weighted by Crippen LogP contribution is -2.55. The number of hydrogen-bond donors (Lipinski definition) is 0. The summed E-state index contributed by atoms with van der Waals surface area (Å²) in [7, 11) is 0. The molecule has 3 nitrogen and oxygen atoms in total. The molecule has 0 aliphatic carbocycles. The van der Waals surface area contributed by atoms with E-state index in [9.17, 15) is 0 Å². The van der Waals surface area contributed by atoms with Gasteiger partial charge in [-0.15, -0.1) is 0 Å². The van der Waals surface area contributed by atoms with E-state index in [1.165, 1.54) is 0 Å². The second kappa shape index (κ2) is 1.77. The van der Waals surface area contributed by atoms with Gasteiger partial charge >= 0.3 is 0 Å². The summed E-state index contributed by atoms with van der Waals surface area (Å²) < 4.78 is 0. The lowest BCUT2D eigenvalue weighted by atomic mass is 9.81. The molecule has 0 aromatic carbocycles. The molecule has 1 aromatic heterocycles. The van der Waals surface area contributed by atoms with Crippen LogP contribution in [-0.4, -0.2) is 14.4 Å². The van der Waals surface area contributed by atoms with Gasteiger partial charge in [-0.3, -0.25) is 0 Å². The Morgan fingerprint density at radius 2 is 1.08 bits per heavy atom. The van der Waals surface area contributed by atoms with Crippen LogP contribution in [0.2, 0.25) is 0 Å². The minimum Gasteiger partial charge on any atom is -0.188 e. The van der Waals surface area contributed by atoms with Crippen LogP contribution < -0.4 is 0 Å². The molecule has 1 aliphatic heterocycles. The Kier molecular flexibility index (Phi) is 1.22. The first-order valence-corrected chi connectivity index (χ1v) is 5.02. The summed E-state index contributed by atoms with van der Waals surface area (Å²) in [5, 5.41) is 0. The molecule has 0 N–H and O–H groups in total. The maximum absolute atomic E-state index is 2.35. The third kappa shape index (κ3) is 0.760. The Labute approximate surface area is 80.2 Å². The quantitative estimate of drug-likeness (QED) is 0.586. The molecule has 76 valence electrons. The van der Waals surface area contributed by atoms with E-state index in [-0.39, 0.29) is 16.6 Å². The van der Waals surface area contributed by atoms with Crippen LogP contribution in [0.1, 0.15) is 48.5 Å². The summed E-state index contributed by atoms with van der Waals surface area (Å²) in [4.78, 5) is 7.06. The van der Waals surface area contributed by atoms with Crippen molar-refractivity contribution in [1.82, 2.24) is 14.4 Å². The van der Waals surface area contributed by atoms with Crippen molar-refractivity contribution in [2.24, 2.45) is 0 Å². The van der Waals surface area contributed by atoms with Gasteiger partial charge in [-0.25, -0.2) is 0 Å². The van der Waals surface area contributed by atoms with Gasteiger partial charge in [0, 0.05) is 0 Å². The molecule has 2 rings (SSSR count). The van der Waals surface area contributed by atoms with Gasteiger partial charge in [-0.2, -0.15) is 14.4 Å². The van der Waals surface area contributed by atoms with Gasteiger partial charge in [0.2, 0.25) is 0 Å². The smallest absolute Gasteiger partial charge is 0.102 e. The van der Waals surface area contributed by atoms with Crippen molar-refractivity contribution in [1.29, 1.82) is 0 Å². The predicted octanol–water partition coefficient (Wildman–Crippen LogP) is 2.33. The number of hydrogen-bond acceptors (Lipinski definition) is 0. The molecule has 2 heterocycles. The standard InChI is InChI=1S/C10H21N3/c1-8(2,3)11-12-9(4,5)10(6,7)13(11)12/h1-7H3. The zero-order valence-corrected chi connectivity index (χ0v) is 9.84. The number of fused-ring (bicyclic) bond motifs is 1. The van der Waals surface area contributed by atoms with Gasteiger partial charge in [0.15, 0.2) is 0 Å². The van der Waals surface area contributed by atoms with E-state index in [0.717, 1.165) is 0 Å². The SMILES string of the molecule is CC(C)(C)n1n2n1C(C)(C)C2(C)C. The van der Waals surface area contributed by atoms with E-state index in [1.807, 2.05) is 0 Å². The van der Waals surface area contributed by atoms with Gasteiger partial charge in [0.1, 0.15) is 11.1 Å². The number of aromatic nitrogens is 3. The topological polar surface area (TPSA) is 14.8 Å². The molecule has 0 spiro atoms. The van der Waals surface area contributed by atoms with E-state index in [0.29, 0.717) is 0 Å². The van der Waals surface area contributed by atoms with Crippen LogP contribution in [-0.2, 0) is 16.6 Å². The van der Waals surface area contributed by atoms with Crippen molar-refractivity contribution in [2.75, 3.05) is 0 Å². The Morgan fingerprint density at radius 1 is 0.769 bits per heavy atom. The first-order valence-electron chi connectivity index (χ1n) is 5.02. The van der Waals surface area contributed by atoms with Crippen LogP contribution in [0, 0.1) is 0 Å². The zero-order chi connectivity index (χ0) is 10.2. The summed E-state index contributed by atoms with van der Waals surface area (Å²) in [6.07, 6.45) is 0. The van der Waals surface area contributed by atoms with Gasteiger partial charge in [0.05, 0.1) is 5.54 Å². The number of rotatable bonds is 0. The highest BCUT2D eigenvalue weighted by atomic mass is 16.0. The summed E-state index contributed by atoms with van der Waals surface area (Å²) in [5.74, 6) is 0. The van der Waals surface area contributed by atoms with E-state index in [1.54, 1.807) is 0 Å². The van der Waals surface area contributed by atoms with Crippen molar-refractivity contribution in [3.63, 3.8) is 0 Å². The molecule has 3 heteroatoms. The molecule has 1 aromatic rings. The van der Waals surface area contributed by atoms with Crippen molar-refractivity contribution >= 4 is 0 Å². The molecule has 0 saturated heterocycles.